The predicted molar refractivity (Wildman–Crippen MR) is 81.2 cm³/mol. The van der Waals surface area contributed by atoms with E-state index in [-0.39, 0.29) is 0 Å². The molecule has 0 aliphatic rings. The van der Waals surface area contributed by atoms with Crippen LogP contribution in [-0.2, 0) is 6.42 Å². The van der Waals surface area contributed by atoms with E-state index in [1.807, 2.05) is 5.38 Å². The number of thiazole rings is 1. The molecule has 0 amide bonds. The van der Waals surface area contributed by atoms with Crippen molar-refractivity contribution >= 4 is 39.7 Å². The normalized spacial score (nSPS) is 10.9. The molecule has 2 aromatic heterocycles. The number of halogens is 2. The van der Waals surface area contributed by atoms with E-state index in [0.717, 1.165) is 11.3 Å². The van der Waals surface area contributed by atoms with Gasteiger partial charge in [-0.25, -0.2) is 9.97 Å². The molecule has 8 heteroatoms. The summed E-state index contributed by atoms with van der Waals surface area (Å²) in [7, 11) is 0. The Morgan fingerprint density at radius 2 is 2.10 bits per heavy atom. The number of aromatic amines is 1. The molecule has 0 bridgehead atoms. The van der Waals surface area contributed by atoms with Crippen molar-refractivity contribution in [3.05, 3.63) is 45.1 Å². The van der Waals surface area contributed by atoms with Crippen LogP contribution in [0.5, 0.6) is 0 Å². The van der Waals surface area contributed by atoms with Crippen molar-refractivity contribution in [1.82, 2.24) is 20.2 Å². The van der Waals surface area contributed by atoms with Gasteiger partial charge in [-0.15, -0.1) is 11.3 Å². The SMILES string of the molecule is Nc1nc(Cc2nc(-c3ccc(Cl)cc3Cl)n[nH]2)cs1. The topological polar surface area (TPSA) is 80.5 Å². The van der Waals surface area contributed by atoms with E-state index in [0.29, 0.717) is 33.2 Å². The lowest BCUT2D eigenvalue weighted by molar-refractivity contribution is 0.952. The van der Waals surface area contributed by atoms with Crippen molar-refractivity contribution in [3.63, 3.8) is 0 Å². The lowest BCUT2D eigenvalue weighted by Crippen LogP contribution is -1.92. The van der Waals surface area contributed by atoms with Gasteiger partial charge in [0.05, 0.1) is 17.1 Å². The molecule has 0 unspecified atom stereocenters. The summed E-state index contributed by atoms with van der Waals surface area (Å²) in [5, 5.41) is 10.6. The van der Waals surface area contributed by atoms with Gasteiger partial charge in [0, 0.05) is 16.0 Å². The first-order chi connectivity index (χ1) is 9.61. The highest BCUT2D eigenvalue weighted by Crippen LogP contribution is 2.28. The molecule has 0 spiro atoms. The highest BCUT2D eigenvalue weighted by atomic mass is 35.5. The Kier molecular flexibility index (Phi) is 3.60. The highest BCUT2D eigenvalue weighted by molar-refractivity contribution is 7.13. The molecule has 0 atom stereocenters. The Balaban J connectivity index is 1.86. The second-order valence-electron chi connectivity index (χ2n) is 4.08. The zero-order valence-corrected chi connectivity index (χ0v) is 12.4. The Morgan fingerprint density at radius 1 is 1.25 bits per heavy atom. The van der Waals surface area contributed by atoms with Gasteiger partial charge in [0.25, 0.3) is 0 Å². The summed E-state index contributed by atoms with van der Waals surface area (Å²) >= 11 is 13.4. The van der Waals surface area contributed by atoms with E-state index in [2.05, 4.69) is 20.2 Å². The molecule has 20 heavy (non-hydrogen) atoms. The molecular weight excluding hydrogens is 317 g/mol. The molecule has 0 aliphatic carbocycles. The van der Waals surface area contributed by atoms with Crippen LogP contribution < -0.4 is 5.73 Å². The number of nitrogens with two attached hydrogens (primary N) is 1. The lowest BCUT2D eigenvalue weighted by atomic mass is 10.2. The van der Waals surface area contributed by atoms with Crippen molar-refractivity contribution in [2.45, 2.75) is 6.42 Å². The molecule has 0 saturated carbocycles. The van der Waals surface area contributed by atoms with Crippen molar-refractivity contribution in [3.8, 4) is 11.4 Å². The van der Waals surface area contributed by atoms with E-state index < -0.39 is 0 Å². The fraction of sp³-hybridized carbons (Fsp3) is 0.0833. The van der Waals surface area contributed by atoms with Crippen LogP contribution in [0.2, 0.25) is 10.0 Å². The van der Waals surface area contributed by atoms with E-state index >= 15 is 0 Å². The summed E-state index contributed by atoms with van der Waals surface area (Å²) in [5.74, 6) is 1.24. The van der Waals surface area contributed by atoms with Gasteiger partial charge >= 0.3 is 0 Å². The summed E-state index contributed by atoms with van der Waals surface area (Å²) in [6.07, 6.45) is 0.548. The maximum Gasteiger partial charge on any atom is 0.182 e. The standard InChI is InChI=1S/C12H9Cl2N5S/c13-6-1-2-8(9(14)3-6)11-17-10(18-19-11)4-7-5-20-12(15)16-7/h1-3,5H,4H2,(H2,15,16)(H,17,18,19). The minimum Gasteiger partial charge on any atom is -0.375 e. The van der Waals surface area contributed by atoms with Gasteiger partial charge in [-0.3, -0.25) is 5.10 Å². The van der Waals surface area contributed by atoms with Gasteiger partial charge in [-0.1, -0.05) is 23.2 Å². The minimum atomic E-state index is 0.515. The smallest absolute Gasteiger partial charge is 0.182 e. The number of H-pyrrole nitrogens is 1. The average Bonchev–Trinajstić information content (AvgIpc) is 2.99. The molecule has 2 heterocycles. The third kappa shape index (κ3) is 2.77. The van der Waals surface area contributed by atoms with Crippen LogP contribution in [0, 0.1) is 0 Å². The second-order valence-corrected chi connectivity index (χ2v) is 5.82. The van der Waals surface area contributed by atoms with E-state index in [1.165, 1.54) is 11.3 Å². The van der Waals surface area contributed by atoms with Crippen LogP contribution in [0.4, 0.5) is 5.13 Å². The molecule has 0 radical (unpaired) electrons. The first-order valence-corrected chi connectivity index (χ1v) is 7.32. The number of anilines is 1. The van der Waals surface area contributed by atoms with Crippen molar-refractivity contribution in [1.29, 1.82) is 0 Å². The van der Waals surface area contributed by atoms with Gasteiger partial charge in [-0.2, -0.15) is 5.10 Å². The largest absolute Gasteiger partial charge is 0.375 e. The van der Waals surface area contributed by atoms with E-state index in [1.54, 1.807) is 18.2 Å². The Hall–Kier alpha value is -1.63. The number of hydrogen-bond donors (Lipinski definition) is 2. The number of nitrogen functional groups attached to an aromatic ring is 1. The lowest BCUT2D eigenvalue weighted by Gasteiger charge is -1.99. The molecule has 1 aromatic carbocycles. The molecule has 0 aliphatic heterocycles. The fourth-order valence-electron chi connectivity index (χ4n) is 1.74. The van der Waals surface area contributed by atoms with Gasteiger partial charge in [0.15, 0.2) is 11.0 Å². The number of aromatic nitrogens is 4. The van der Waals surface area contributed by atoms with Crippen LogP contribution in [-0.4, -0.2) is 20.2 Å². The number of nitrogens with one attached hydrogen (secondary N) is 1. The summed E-state index contributed by atoms with van der Waals surface area (Å²) < 4.78 is 0. The first-order valence-electron chi connectivity index (χ1n) is 5.68. The van der Waals surface area contributed by atoms with Crippen LogP contribution in [0.3, 0.4) is 0 Å². The summed E-state index contributed by atoms with van der Waals surface area (Å²) in [4.78, 5) is 8.59. The van der Waals surface area contributed by atoms with Gasteiger partial charge < -0.3 is 5.73 Å². The monoisotopic (exact) mass is 325 g/mol. The zero-order valence-electron chi connectivity index (χ0n) is 10.1. The summed E-state index contributed by atoms with van der Waals surface area (Å²) in [6, 6.07) is 5.20. The van der Waals surface area contributed by atoms with Gasteiger partial charge in [0.2, 0.25) is 0 Å². The third-order valence-corrected chi connectivity index (χ3v) is 3.89. The Bertz CT molecular complexity index is 752. The van der Waals surface area contributed by atoms with E-state index in [9.17, 15) is 0 Å². The average molecular weight is 326 g/mol. The number of hydrogen-bond acceptors (Lipinski definition) is 5. The maximum atomic E-state index is 6.13. The second kappa shape index (κ2) is 5.40. The molecule has 3 N–H and O–H groups in total. The molecular formula is C12H9Cl2N5S. The first kappa shape index (κ1) is 13.4. The molecule has 0 fully saturated rings. The zero-order chi connectivity index (χ0) is 14.1. The van der Waals surface area contributed by atoms with Crippen LogP contribution in [0.1, 0.15) is 11.5 Å². The molecule has 3 aromatic rings. The fourth-order valence-corrected chi connectivity index (χ4v) is 2.80. The molecule has 0 saturated heterocycles. The van der Waals surface area contributed by atoms with Gasteiger partial charge in [-0.05, 0) is 18.2 Å². The van der Waals surface area contributed by atoms with Gasteiger partial charge in [0.1, 0.15) is 5.82 Å². The molecule has 5 nitrogen and oxygen atoms in total. The number of benzene rings is 1. The van der Waals surface area contributed by atoms with Crippen LogP contribution in [0.15, 0.2) is 23.6 Å². The van der Waals surface area contributed by atoms with Crippen LogP contribution >= 0.6 is 34.5 Å². The Labute approximate surface area is 128 Å². The Morgan fingerprint density at radius 3 is 2.80 bits per heavy atom. The third-order valence-electron chi connectivity index (χ3n) is 2.62. The van der Waals surface area contributed by atoms with Crippen molar-refractivity contribution in [2.24, 2.45) is 0 Å². The van der Waals surface area contributed by atoms with Crippen LogP contribution in [0.25, 0.3) is 11.4 Å². The highest BCUT2D eigenvalue weighted by Gasteiger charge is 2.11. The van der Waals surface area contributed by atoms with Crippen molar-refractivity contribution < 1.29 is 0 Å². The molecule has 102 valence electrons. The quantitative estimate of drug-likeness (QED) is 0.773. The predicted octanol–water partition coefficient (Wildman–Crippen LogP) is 3.41. The van der Waals surface area contributed by atoms with Crippen molar-refractivity contribution in [2.75, 3.05) is 5.73 Å². The minimum absolute atomic E-state index is 0.515. The molecule has 3 rings (SSSR count). The summed E-state index contributed by atoms with van der Waals surface area (Å²) in [5.41, 5.74) is 7.19. The maximum absolute atomic E-state index is 6.13. The van der Waals surface area contributed by atoms with E-state index in [4.69, 9.17) is 28.9 Å². The number of nitrogens with zero attached hydrogens (tertiary/aromatic N) is 3. The number of rotatable bonds is 3. The summed E-state index contributed by atoms with van der Waals surface area (Å²) in [6.45, 7) is 0.